The van der Waals surface area contributed by atoms with E-state index >= 15 is 0 Å². The second kappa shape index (κ2) is 57.4. The quantitative estimate of drug-likeness (QED) is 0.0262. The number of hydrogen-bond donors (Lipinski definition) is 0. The maximum absolute atomic E-state index is 12.9. The lowest BCUT2D eigenvalue weighted by atomic mass is 10.1. The van der Waals surface area contributed by atoms with E-state index in [-0.39, 0.29) is 37.5 Å². The Hall–Kier alpha value is -4.19. The summed E-state index contributed by atoms with van der Waals surface area (Å²) in [6, 6.07) is 0. The molecule has 0 aliphatic carbocycles. The first-order valence-corrected chi connectivity index (χ1v) is 28.5. The van der Waals surface area contributed by atoms with Gasteiger partial charge in [-0.3, -0.25) is 14.4 Å². The number of carbonyl (C=O) groups is 3. The zero-order chi connectivity index (χ0) is 50.7. The van der Waals surface area contributed by atoms with Crippen molar-refractivity contribution in [1.29, 1.82) is 0 Å². The highest BCUT2D eigenvalue weighted by Crippen LogP contribution is 2.14. The van der Waals surface area contributed by atoms with Crippen LogP contribution in [0.5, 0.6) is 0 Å². The van der Waals surface area contributed by atoms with Gasteiger partial charge in [0, 0.05) is 19.3 Å². The van der Waals surface area contributed by atoms with Crippen LogP contribution in [0.4, 0.5) is 0 Å². The molecule has 6 nitrogen and oxygen atoms in total. The van der Waals surface area contributed by atoms with Gasteiger partial charge in [-0.25, -0.2) is 0 Å². The summed E-state index contributed by atoms with van der Waals surface area (Å²) >= 11 is 0. The summed E-state index contributed by atoms with van der Waals surface area (Å²) in [5, 5.41) is 0. The van der Waals surface area contributed by atoms with Crippen molar-refractivity contribution in [2.75, 3.05) is 13.2 Å². The third-order valence-corrected chi connectivity index (χ3v) is 11.7. The van der Waals surface area contributed by atoms with Gasteiger partial charge in [-0.15, -0.1) is 0 Å². The average molecular weight is 970 g/mol. The lowest BCUT2D eigenvalue weighted by Crippen LogP contribution is -2.30. The van der Waals surface area contributed by atoms with Crippen LogP contribution in [0, 0.1) is 0 Å². The Morgan fingerprint density at radius 1 is 0.300 bits per heavy atom. The molecule has 0 aromatic heterocycles. The number of hydrogen-bond acceptors (Lipinski definition) is 6. The molecule has 1 atom stereocenters. The Labute approximate surface area is 431 Å². The molecule has 70 heavy (non-hydrogen) atoms. The molecule has 0 aromatic carbocycles. The van der Waals surface area contributed by atoms with Gasteiger partial charge in [-0.05, 0) is 116 Å². The zero-order valence-corrected chi connectivity index (χ0v) is 45.2. The van der Waals surface area contributed by atoms with E-state index in [0.717, 1.165) is 109 Å². The number of unbranched alkanes of at least 4 members (excludes halogenated alkanes) is 19. The van der Waals surface area contributed by atoms with Gasteiger partial charge in [0.05, 0.1) is 0 Å². The zero-order valence-electron chi connectivity index (χ0n) is 45.2. The maximum Gasteiger partial charge on any atom is 0.306 e. The molecule has 0 rings (SSSR count). The first-order chi connectivity index (χ1) is 34.5. The lowest BCUT2D eigenvalue weighted by Gasteiger charge is -2.18. The SMILES string of the molecule is CC/C=C\C/C=C\C/C=C\C/C=C\CCCCCCCCCCC(=O)OCC(COC(=O)CC/C=C\C/C=C\C/C=C\C/C=C\CC)OC(=O)CCCCCCCCC/C=C\C/C=C\CCCCCC. The van der Waals surface area contributed by atoms with E-state index < -0.39 is 6.10 Å². The molecular weight excluding hydrogens is 865 g/mol. The third-order valence-electron chi connectivity index (χ3n) is 11.7. The van der Waals surface area contributed by atoms with E-state index in [0.29, 0.717) is 19.3 Å². The fourth-order valence-corrected chi connectivity index (χ4v) is 7.48. The summed E-state index contributed by atoms with van der Waals surface area (Å²) in [5.74, 6) is -1.01. The standard InChI is InChI=1S/C64H104O6/c1-4-7-10-13-16-19-22-25-27-29-31-32-33-35-36-39-42-45-48-51-54-57-63(66)69-60-61(59-68-62(65)56-53-50-47-44-41-38-24-21-18-15-12-9-6-3)70-64(67)58-55-52-49-46-43-40-37-34-30-28-26-23-20-17-14-11-8-5-2/h7,9-10,12,16,18-21,23,25,27-28,30-32,38,41,47,50,61H,4-6,8,11,13-15,17,22,24,26,29,33-37,39-40,42-46,48-49,51-60H2,1-3H3/b10-7-,12-9-,19-16-,21-18-,23-20-,27-25-,30-28-,32-31-,41-38-,50-47-. The van der Waals surface area contributed by atoms with E-state index in [1.807, 2.05) is 12.2 Å². The van der Waals surface area contributed by atoms with E-state index in [9.17, 15) is 14.4 Å². The van der Waals surface area contributed by atoms with Gasteiger partial charge in [0.1, 0.15) is 13.2 Å². The Balaban J connectivity index is 4.46. The molecule has 0 heterocycles. The molecular formula is C64H104O6. The minimum Gasteiger partial charge on any atom is -0.462 e. The molecule has 0 aliphatic heterocycles. The fraction of sp³-hybridized carbons (Fsp3) is 0.641. The highest BCUT2D eigenvalue weighted by Gasteiger charge is 2.19. The number of rotatable bonds is 50. The Morgan fingerprint density at radius 2 is 0.586 bits per heavy atom. The lowest BCUT2D eigenvalue weighted by molar-refractivity contribution is -0.166. The normalized spacial score (nSPS) is 13.0. The van der Waals surface area contributed by atoms with Crippen molar-refractivity contribution in [2.45, 2.75) is 252 Å². The Morgan fingerprint density at radius 3 is 0.957 bits per heavy atom. The van der Waals surface area contributed by atoms with Crippen LogP contribution in [0.25, 0.3) is 0 Å². The summed E-state index contributed by atoms with van der Waals surface area (Å²) in [5.41, 5.74) is 0. The second-order valence-corrected chi connectivity index (χ2v) is 18.4. The summed E-state index contributed by atoms with van der Waals surface area (Å²) in [7, 11) is 0. The number of carbonyl (C=O) groups excluding carboxylic acids is 3. The first kappa shape index (κ1) is 65.8. The van der Waals surface area contributed by atoms with Crippen LogP contribution in [-0.4, -0.2) is 37.2 Å². The van der Waals surface area contributed by atoms with Crippen LogP contribution >= 0.6 is 0 Å². The van der Waals surface area contributed by atoms with E-state index in [2.05, 4.69) is 130 Å². The van der Waals surface area contributed by atoms with Gasteiger partial charge in [0.25, 0.3) is 0 Å². The van der Waals surface area contributed by atoms with Gasteiger partial charge in [-0.1, -0.05) is 232 Å². The van der Waals surface area contributed by atoms with Gasteiger partial charge in [0.2, 0.25) is 0 Å². The van der Waals surface area contributed by atoms with E-state index in [1.54, 1.807) is 0 Å². The molecule has 0 N–H and O–H groups in total. The molecule has 0 bridgehead atoms. The van der Waals surface area contributed by atoms with Gasteiger partial charge >= 0.3 is 17.9 Å². The molecule has 0 spiro atoms. The largest absolute Gasteiger partial charge is 0.462 e. The smallest absolute Gasteiger partial charge is 0.306 e. The average Bonchev–Trinajstić information content (AvgIpc) is 3.36. The monoisotopic (exact) mass is 969 g/mol. The minimum absolute atomic E-state index is 0.110. The van der Waals surface area contributed by atoms with Crippen molar-refractivity contribution < 1.29 is 28.6 Å². The topological polar surface area (TPSA) is 78.9 Å². The van der Waals surface area contributed by atoms with Crippen molar-refractivity contribution >= 4 is 17.9 Å². The molecule has 0 radical (unpaired) electrons. The number of allylic oxidation sites excluding steroid dienone is 20. The van der Waals surface area contributed by atoms with Crippen molar-refractivity contribution in [2.24, 2.45) is 0 Å². The molecule has 0 aliphatic rings. The van der Waals surface area contributed by atoms with Crippen molar-refractivity contribution in [3.63, 3.8) is 0 Å². The third kappa shape index (κ3) is 54.7. The molecule has 0 saturated carbocycles. The van der Waals surface area contributed by atoms with Crippen molar-refractivity contribution in [1.82, 2.24) is 0 Å². The molecule has 0 amide bonds. The highest BCUT2D eigenvalue weighted by molar-refractivity contribution is 5.71. The summed E-state index contributed by atoms with van der Waals surface area (Å²) in [6.45, 7) is 6.31. The predicted octanol–water partition coefficient (Wildman–Crippen LogP) is 19.3. The molecule has 0 aromatic rings. The maximum atomic E-state index is 12.9. The fourth-order valence-electron chi connectivity index (χ4n) is 7.48. The van der Waals surface area contributed by atoms with Crippen LogP contribution in [0.2, 0.25) is 0 Å². The van der Waals surface area contributed by atoms with Crippen LogP contribution in [-0.2, 0) is 28.6 Å². The van der Waals surface area contributed by atoms with Crippen LogP contribution in [0.15, 0.2) is 122 Å². The molecule has 0 saturated heterocycles. The van der Waals surface area contributed by atoms with E-state index in [1.165, 1.54) is 89.9 Å². The van der Waals surface area contributed by atoms with Crippen molar-refractivity contribution in [3.05, 3.63) is 122 Å². The highest BCUT2D eigenvalue weighted by atomic mass is 16.6. The number of ether oxygens (including phenoxy) is 3. The van der Waals surface area contributed by atoms with E-state index in [4.69, 9.17) is 14.2 Å². The van der Waals surface area contributed by atoms with Crippen LogP contribution in [0.1, 0.15) is 245 Å². The summed E-state index contributed by atoms with van der Waals surface area (Å²) in [4.78, 5) is 38.1. The van der Waals surface area contributed by atoms with Gasteiger partial charge in [-0.2, -0.15) is 0 Å². The first-order valence-electron chi connectivity index (χ1n) is 28.5. The number of esters is 3. The van der Waals surface area contributed by atoms with Crippen LogP contribution in [0.3, 0.4) is 0 Å². The molecule has 6 heteroatoms. The van der Waals surface area contributed by atoms with Gasteiger partial charge in [0.15, 0.2) is 6.10 Å². The van der Waals surface area contributed by atoms with Crippen molar-refractivity contribution in [3.8, 4) is 0 Å². The minimum atomic E-state index is -0.818. The Bertz CT molecular complexity index is 1490. The summed E-state index contributed by atoms with van der Waals surface area (Å²) < 4.78 is 16.8. The Kier molecular flexibility index (Phi) is 54.0. The molecule has 396 valence electrons. The van der Waals surface area contributed by atoms with Gasteiger partial charge < -0.3 is 14.2 Å². The predicted molar refractivity (Wildman–Crippen MR) is 302 cm³/mol. The molecule has 0 fully saturated rings. The van der Waals surface area contributed by atoms with Crippen LogP contribution < -0.4 is 0 Å². The molecule has 1 unspecified atom stereocenters. The second-order valence-electron chi connectivity index (χ2n) is 18.4. The summed E-state index contributed by atoms with van der Waals surface area (Å²) in [6.07, 6.45) is 79.1.